The zero-order valence-corrected chi connectivity index (χ0v) is 8.88. The lowest BCUT2D eigenvalue weighted by atomic mass is 10.3. The van der Waals surface area contributed by atoms with Gasteiger partial charge in [-0.3, -0.25) is 0 Å². The Morgan fingerprint density at radius 1 is 1.79 bits per heavy atom. The first-order valence-corrected chi connectivity index (χ1v) is 5.76. The van der Waals surface area contributed by atoms with Crippen LogP contribution < -0.4 is 4.72 Å². The lowest BCUT2D eigenvalue weighted by Crippen LogP contribution is -2.25. The second kappa shape index (κ2) is 4.20. The summed E-state index contributed by atoms with van der Waals surface area (Å²) in [6, 6.07) is 0.317. The van der Waals surface area contributed by atoms with Crippen molar-refractivity contribution in [3.05, 3.63) is 18.2 Å². The molecular weight excluding hydrogens is 200 g/mol. The number of aromatic nitrogens is 2. The summed E-state index contributed by atoms with van der Waals surface area (Å²) in [6.07, 6.45) is 4.33. The van der Waals surface area contributed by atoms with Crippen molar-refractivity contribution in [2.75, 3.05) is 13.1 Å². The Bertz CT molecular complexity index is 313. The number of H-pyrrole nitrogens is 1. The number of aromatic amines is 1. The van der Waals surface area contributed by atoms with Crippen LogP contribution in [0, 0.1) is 0 Å². The van der Waals surface area contributed by atoms with Gasteiger partial charge in [0.2, 0.25) is 0 Å². The zero-order valence-electron chi connectivity index (χ0n) is 8.06. The zero-order chi connectivity index (χ0) is 9.97. The summed E-state index contributed by atoms with van der Waals surface area (Å²) in [4.78, 5) is 6.97. The fourth-order valence-corrected chi connectivity index (χ4v) is 2.68. The lowest BCUT2D eigenvalue weighted by molar-refractivity contribution is 0.457. The molecule has 1 aromatic heterocycles. The first-order valence-electron chi connectivity index (χ1n) is 4.66. The molecule has 2 rings (SSSR count). The Labute approximate surface area is 85.6 Å². The number of rotatable bonds is 3. The maximum Gasteiger partial charge on any atom is 0.170 e. The molecule has 6 heteroatoms. The summed E-state index contributed by atoms with van der Waals surface area (Å²) in [6.45, 7) is 3.68. The second-order valence-electron chi connectivity index (χ2n) is 3.48. The summed E-state index contributed by atoms with van der Waals surface area (Å²) in [7, 11) is 0. The summed E-state index contributed by atoms with van der Waals surface area (Å²) in [5.74, 6) is 0. The predicted molar refractivity (Wildman–Crippen MR) is 54.6 cm³/mol. The number of imidazole rings is 1. The first kappa shape index (κ1) is 9.82. The fourth-order valence-electron chi connectivity index (χ4n) is 1.50. The Morgan fingerprint density at radius 2 is 2.64 bits per heavy atom. The number of hydrogen-bond donors (Lipinski definition) is 2. The van der Waals surface area contributed by atoms with E-state index in [9.17, 15) is 4.21 Å². The number of hydrogen-bond acceptors (Lipinski definition) is 2. The number of nitrogens with one attached hydrogen (secondary N) is 2. The molecule has 0 spiro atoms. The molecule has 0 aliphatic carbocycles. The summed E-state index contributed by atoms with van der Waals surface area (Å²) in [5, 5.41) is 0. The second-order valence-corrected chi connectivity index (χ2v) is 4.73. The maximum absolute atomic E-state index is 11.4. The molecule has 14 heavy (non-hydrogen) atoms. The molecule has 0 bridgehead atoms. The van der Waals surface area contributed by atoms with Crippen molar-refractivity contribution in [1.29, 1.82) is 0 Å². The number of nitrogens with zero attached hydrogens (tertiary/aromatic N) is 2. The maximum atomic E-state index is 11.4. The molecule has 2 atom stereocenters. The fraction of sp³-hybridized carbons (Fsp3) is 0.625. The molecule has 0 saturated carbocycles. The molecule has 1 aliphatic heterocycles. The normalized spacial score (nSPS) is 28.4. The van der Waals surface area contributed by atoms with Gasteiger partial charge < -0.3 is 4.98 Å². The van der Waals surface area contributed by atoms with Crippen molar-refractivity contribution in [2.24, 2.45) is 0 Å². The van der Waals surface area contributed by atoms with Crippen LogP contribution >= 0.6 is 0 Å². The lowest BCUT2D eigenvalue weighted by Gasteiger charge is -2.10. The van der Waals surface area contributed by atoms with Gasteiger partial charge in [-0.1, -0.05) is 0 Å². The molecule has 2 N–H and O–H groups in total. The minimum absolute atomic E-state index is 0.317. The van der Waals surface area contributed by atoms with E-state index in [-0.39, 0.29) is 0 Å². The quantitative estimate of drug-likeness (QED) is 0.733. The molecule has 0 amide bonds. The van der Waals surface area contributed by atoms with Gasteiger partial charge >= 0.3 is 0 Å². The van der Waals surface area contributed by atoms with Gasteiger partial charge in [-0.2, -0.15) is 0 Å². The van der Waals surface area contributed by atoms with E-state index in [2.05, 4.69) is 14.7 Å². The summed E-state index contributed by atoms with van der Waals surface area (Å²) >= 11 is -1.00. The van der Waals surface area contributed by atoms with Gasteiger partial charge in [0.1, 0.15) is 0 Å². The molecule has 1 saturated heterocycles. The van der Waals surface area contributed by atoms with E-state index in [1.165, 1.54) is 0 Å². The molecule has 0 radical (unpaired) electrons. The SMILES string of the molecule is C[C@@H]1CN(CCc2cnc[nH]2)S(=O)N1. The molecule has 1 aliphatic rings. The van der Waals surface area contributed by atoms with Crippen LogP contribution in [-0.2, 0) is 17.6 Å². The van der Waals surface area contributed by atoms with Crippen LogP contribution in [0.4, 0.5) is 0 Å². The standard InChI is InChI=1S/C8H14N4OS/c1-7-5-12(14(13)11-7)3-2-8-4-9-6-10-8/h4,6-7,11H,2-3,5H2,1H3,(H,9,10)/t7-,14?/m1/s1. The van der Waals surface area contributed by atoms with Gasteiger partial charge in [-0.15, -0.1) is 0 Å². The van der Waals surface area contributed by atoms with E-state index in [0.717, 1.165) is 25.2 Å². The summed E-state index contributed by atoms with van der Waals surface area (Å²) < 4.78 is 16.3. The first-order chi connectivity index (χ1) is 6.75. The van der Waals surface area contributed by atoms with Crippen LogP contribution in [0.25, 0.3) is 0 Å². The Kier molecular flexibility index (Phi) is 2.95. The van der Waals surface area contributed by atoms with Crippen molar-refractivity contribution in [2.45, 2.75) is 19.4 Å². The van der Waals surface area contributed by atoms with Gasteiger partial charge in [0.15, 0.2) is 11.2 Å². The molecule has 0 aromatic carbocycles. The Morgan fingerprint density at radius 3 is 3.21 bits per heavy atom. The third kappa shape index (κ3) is 2.20. The molecule has 78 valence electrons. The molecular formula is C8H14N4OS. The summed E-state index contributed by atoms with van der Waals surface area (Å²) in [5.41, 5.74) is 1.08. The van der Waals surface area contributed by atoms with E-state index >= 15 is 0 Å². The van der Waals surface area contributed by atoms with Gasteiger partial charge in [0.25, 0.3) is 0 Å². The molecule has 1 aromatic rings. The Balaban J connectivity index is 1.84. The van der Waals surface area contributed by atoms with E-state index in [1.807, 2.05) is 11.2 Å². The monoisotopic (exact) mass is 214 g/mol. The van der Waals surface area contributed by atoms with Crippen LogP contribution in [0.15, 0.2) is 12.5 Å². The third-order valence-corrected chi connectivity index (χ3v) is 3.60. The van der Waals surface area contributed by atoms with Crippen molar-refractivity contribution in [3.8, 4) is 0 Å². The average Bonchev–Trinajstić information content (AvgIpc) is 2.72. The molecule has 1 unspecified atom stereocenters. The average molecular weight is 214 g/mol. The largest absolute Gasteiger partial charge is 0.348 e. The highest BCUT2D eigenvalue weighted by atomic mass is 32.2. The highest BCUT2D eigenvalue weighted by Crippen LogP contribution is 2.06. The third-order valence-electron chi connectivity index (χ3n) is 2.20. The molecule has 5 nitrogen and oxygen atoms in total. The molecule has 1 fully saturated rings. The highest BCUT2D eigenvalue weighted by molar-refractivity contribution is 7.80. The van der Waals surface area contributed by atoms with Gasteiger partial charge in [0.05, 0.1) is 6.33 Å². The molecule has 2 heterocycles. The van der Waals surface area contributed by atoms with Crippen LogP contribution in [0.5, 0.6) is 0 Å². The smallest absolute Gasteiger partial charge is 0.170 e. The highest BCUT2D eigenvalue weighted by Gasteiger charge is 2.24. The van der Waals surface area contributed by atoms with Crippen LogP contribution in [0.2, 0.25) is 0 Å². The van der Waals surface area contributed by atoms with Crippen molar-refractivity contribution >= 4 is 11.2 Å². The Hall–Kier alpha value is -0.720. The van der Waals surface area contributed by atoms with Gasteiger partial charge in [-0.25, -0.2) is 18.2 Å². The minimum atomic E-state index is -1.00. The van der Waals surface area contributed by atoms with Crippen LogP contribution in [0.3, 0.4) is 0 Å². The van der Waals surface area contributed by atoms with Crippen LogP contribution in [0.1, 0.15) is 12.6 Å². The van der Waals surface area contributed by atoms with Gasteiger partial charge in [0, 0.05) is 37.4 Å². The topological polar surface area (TPSA) is 61.0 Å². The predicted octanol–water partition coefficient (Wildman–Crippen LogP) is -0.175. The van der Waals surface area contributed by atoms with E-state index in [1.54, 1.807) is 12.5 Å². The minimum Gasteiger partial charge on any atom is -0.348 e. The van der Waals surface area contributed by atoms with Crippen LogP contribution in [-0.4, -0.2) is 37.6 Å². The van der Waals surface area contributed by atoms with E-state index < -0.39 is 11.2 Å². The van der Waals surface area contributed by atoms with Crippen molar-refractivity contribution in [3.63, 3.8) is 0 Å². The van der Waals surface area contributed by atoms with Gasteiger partial charge in [-0.05, 0) is 6.92 Å². The van der Waals surface area contributed by atoms with Crippen molar-refractivity contribution in [1.82, 2.24) is 19.0 Å². The van der Waals surface area contributed by atoms with E-state index in [0.29, 0.717) is 6.04 Å². The van der Waals surface area contributed by atoms with Crippen molar-refractivity contribution < 1.29 is 4.21 Å². The van der Waals surface area contributed by atoms with E-state index in [4.69, 9.17) is 0 Å².